The van der Waals surface area contributed by atoms with Gasteiger partial charge in [0.25, 0.3) is 0 Å². The fourth-order valence-electron chi connectivity index (χ4n) is 3.68. The zero-order chi connectivity index (χ0) is 14.7. The number of rotatable bonds is 5. The summed E-state index contributed by atoms with van der Waals surface area (Å²) in [5.41, 5.74) is 0.802. The van der Waals surface area contributed by atoms with Crippen LogP contribution in [0, 0.1) is 5.92 Å². The lowest BCUT2D eigenvalue weighted by atomic mass is 9.78. The second-order valence-corrected chi connectivity index (χ2v) is 6.75. The molecule has 2 aliphatic rings. The molecule has 116 valence electrons. The van der Waals surface area contributed by atoms with E-state index in [1.807, 2.05) is 12.1 Å². The molecular formula is C18H27NO2. The monoisotopic (exact) mass is 289 g/mol. The van der Waals surface area contributed by atoms with Crippen molar-refractivity contribution >= 4 is 0 Å². The first kappa shape index (κ1) is 14.9. The molecule has 3 nitrogen and oxygen atoms in total. The molecule has 0 amide bonds. The summed E-state index contributed by atoms with van der Waals surface area (Å²) < 4.78 is 5.70. The Kier molecular flexibility index (Phi) is 4.51. The highest BCUT2D eigenvalue weighted by Gasteiger charge is 2.32. The second kappa shape index (κ2) is 6.37. The van der Waals surface area contributed by atoms with Crippen LogP contribution in [0.3, 0.4) is 0 Å². The molecule has 3 heteroatoms. The van der Waals surface area contributed by atoms with Gasteiger partial charge in [0, 0.05) is 24.6 Å². The molecule has 1 aromatic carbocycles. The zero-order valence-corrected chi connectivity index (χ0v) is 13.0. The lowest BCUT2D eigenvalue weighted by Gasteiger charge is -2.36. The summed E-state index contributed by atoms with van der Waals surface area (Å²) in [6, 6.07) is 8.27. The van der Waals surface area contributed by atoms with Gasteiger partial charge in [0.1, 0.15) is 5.75 Å². The maximum atomic E-state index is 10.7. The van der Waals surface area contributed by atoms with Crippen molar-refractivity contribution in [3.8, 4) is 5.75 Å². The third kappa shape index (κ3) is 3.41. The molecule has 1 aromatic rings. The van der Waals surface area contributed by atoms with Crippen molar-refractivity contribution in [3.63, 3.8) is 0 Å². The summed E-state index contributed by atoms with van der Waals surface area (Å²) in [5, 5.41) is 14.1. The largest absolute Gasteiger partial charge is 0.493 e. The number of para-hydroxylation sites is 1. The van der Waals surface area contributed by atoms with Crippen molar-refractivity contribution < 1.29 is 9.84 Å². The lowest BCUT2D eigenvalue weighted by Crippen LogP contribution is -2.44. The highest BCUT2D eigenvalue weighted by atomic mass is 16.5. The number of benzene rings is 1. The lowest BCUT2D eigenvalue weighted by molar-refractivity contribution is -0.00875. The number of hydrogen-bond acceptors (Lipinski definition) is 3. The van der Waals surface area contributed by atoms with Gasteiger partial charge in [-0.15, -0.1) is 0 Å². The van der Waals surface area contributed by atoms with Crippen LogP contribution in [0.1, 0.15) is 50.5 Å². The van der Waals surface area contributed by atoms with Gasteiger partial charge in [0.2, 0.25) is 0 Å². The number of fused-ring (bicyclic) bond motifs is 1. The first-order chi connectivity index (χ1) is 10.2. The SMILES string of the molecule is CCC1CCC(O)(CNCC2COc3ccccc32)CC1. The summed E-state index contributed by atoms with van der Waals surface area (Å²) in [6.45, 7) is 4.60. The van der Waals surface area contributed by atoms with Gasteiger partial charge in [0.15, 0.2) is 0 Å². The molecule has 0 saturated heterocycles. The van der Waals surface area contributed by atoms with Gasteiger partial charge in [-0.2, -0.15) is 0 Å². The molecule has 1 saturated carbocycles. The van der Waals surface area contributed by atoms with Crippen molar-refractivity contribution in [2.24, 2.45) is 5.92 Å². The summed E-state index contributed by atoms with van der Waals surface area (Å²) in [4.78, 5) is 0. The van der Waals surface area contributed by atoms with Gasteiger partial charge in [0.05, 0.1) is 12.2 Å². The van der Waals surface area contributed by atoms with E-state index in [2.05, 4.69) is 24.4 Å². The van der Waals surface area contributed by atoms with E-state index in [1.54, 1.807) is 0 Å². The maximum Gasteiger partial charge on any atom is 0.122 e. The minimum atomic E-state index is -0.495. The Labute approximate surface area is 127 Å². The third-order valence-corrected chi connectivity index (χ3v) is 5.26. The van der Waals surface area contributed by atoms with Crippen molar-refractivity contribution in [2.45, 2.75) is 50.5 Å². The van der Waals surface area contributed by atoms with Gasteiger partial charge in [-0.05, 0) is 37.7 Å². The van der Waals surface area contributed by atoms with E-state index >= 15 is 0 Å². The number of nitrogens with one attached hydrogen (secondary N) is 1. The van der Waals surface area contributed by atoms with Crippen molar-refractivity contribution in [3.05, 3.63) is 29.8 Å². The molecule has 0 radical (unpaired) electrons. The Morgan fingerprint density at radius 2 is 2.05 bits per heavy atom. The van der Waals surface area contributed by atoms with Crippen LogP contribution in [0.2, 0.25) is 0 Å². The average Bonchev–Trinajstić information content (AvgIpc) is 2.92. The highest BCUT2D eigenvalue weighted by Crippen LogP contribution is 2.34. The molecule has 21 heavy (non-hydrogen) atoms. The van der Waals surface area contributed by atoms with Crippen LogP contribution in [-0.4, -0.2) is 30.4 Å². The summed E-state index contributed by atoms with van der Waals surface area (Å²) in [6.07, 6.45) is 5.47. The molecule has 1 unspecified atom stereocenters. The Morgan fingerprint density at radius 3 is 2.81 bits per heavy atom. The summed E-state index contributed by atoms with van der Waals surface area (Å²) in [5.74, 6) is 2.25. The molecule has 0 spiro atoms. The van der Waals surface area contributed by atoms with Gasteiger partial charge in [-0.3, -0.25) is 0 Å². The van der Waals surface area contributed by atoms with Crippen LogP contribution in [0.15, 0.2) is 24.3 Å². The summed E-state index contributed by atoms with van der Waals surface area (Å²) >= 11 is 0. The first-order valence-corrected chi connectivity index (χ1v) is 8.35. The highest BCUT2D eigenvalue weighted by molar-refractivity contribution is 5.39. The maximum absolute atomic E-state index is 10.7. The predicted molar refractivity (Wildman–Crippen MR) is 84.7 cm³/mol. The van der Waals surface area contributed by atoms with Crippen LogP contribution < -0.4 is 10.1 Å². The van der Waals surface area contributed by atoms with Crippen LogP contribution in [0.4, 0.5) is 0 Å². The van der Waals surface area contributed by atoms with Gasteiger partial charge < -0.3 is 15.2 Å². The third-order valence-electron chi connectivity index (χ3n) is 5.26. The fraction of sp³-hybridized carbons (Fsp3) is 0.667. The standard InChI is InChI=1S/C18H27NO2/c1-2-14-7-9-18(20,10-8-14)13-19-11-15-12-21-17-6-4-3-5-16(15)17/h3-6,14-15,19-20H,2,7-13H2,1H3. The van der Waals surface area contributed by atoms with E-state index < -0.39 is 5.60 Å². The second-order valence-electron chi connectivity index (χ2n) is 6.75. The molecule has 1 heterocycles. The molecule has 1 atom stereocenters. The quantitative estimate of drug-likeness (QED) is 0.875. The van der Waals surface area contributed by atoms with E-state index in [9.17, 15) is 5.11 Å². The Balaban J connectivity index is 1.47. The Bertz CT molecular complexity index is 466. The average molecular weight is 289 g/mol. The summed E-state index contributed by atoms with van der Waals surface area (Å²) in [7, 11) is 0. The molecule has 1 aliphatic carbocycles. The Hall–Kier alpha value is -1.06. The van der Waals surface area contributed by atoms with Crippen LogP contribution >= 0.6 is 0 Å². The smallest absolute Gasteiger partial charge is 0.122 e. The van der Waals surface area contributed by atoms with E-state index in [0.717, 1.165) is 37.7 Å². The molecule has 1 fully saturated rings. The van der Waals surface area contributed by atoms with E-state index in [-0.39, 0.29) is 0 Å². The van der Waals surface area contributed by atoms with E-state index in [0.29, 0.717) is 12.5 Å². The van der Waals surface area contributed by atoms with E-state index in [4.69, 9.17) is 4.74 Å². The van der Waals surface area contributed by atoms with Gasteiger partial charge in [-0.25, -0.2) is 0 Å². The van der Waals surface area contributed by atoms with Crippen molar-refractivity contribution in [1.29, 1.82) is 0 Å². The van der Waals surface area contributed by atoms with Gasteiger partial charge in [-0.1, -0.05) is 31.5 Å². The molecule has 0 aromatic heterocycles. The number of aliphatic hydroxyl groups is 1. The minimum Gasteiger partial charge on any atom is -0.493 e. The van der Waals surface area contributed by atoms with Crippen molar-refractivity contribution in [2.75, 3.05) is 19.7 Å². The van der Waals surface area contributed by atoms with Crippen LogP contribution in [-0.2, 0) is 0 Å². The fourth-order valence-corrected chi connectivity index (χ4v) is 3.68. The van der Waals surface area contributed by atoms with E-state index in [1.165, 1.54) is 24.8 Å². The zero-order valence-electron chi connectivity index (χ0n) is 13.0. The molecule has 0 bridgehead atoms. The van der Waals surface area contributed by atoms with Crippen molar-refractivity contribution in [1.82, 2.24) is 5.32 Å². The number of ether oxygens (including phenoxy) is 1. The molecule has 1 aliphatic heterocycles. The predicted octanol–water partition coefficient (Wildman–Crippen LogP) is 3.08. The number of hydrogen-bond donors (Lipinski definition) is 2. The van der Waals surface area contributed by atoms with Crippen LogP contribution in [0.25, 0.3) is 0 Å². The van der Waals surface area contributed by atoms with Gasteiger partial charge >= 0.3 is 0 Å². The molecular weight excluding hydrogens is 262 g/mol. The minimum absolute atomic E-state index is 0.414. The topological polar surface area (TPSA) is 41.5 Å². The molecule has 2 N–H and O–H groups in total. The first-order valence-electron chi connectivity index (χ1n) is 8.35. The van der Waals surface area contributed by atoms with Crippen LogP contribution in [0.5, 0.6) is 5.75 Å². The molecule has 3 rings (SSSR count). The Morgan fingerprint density at radius 1 is 1.29 bits per heavy atom. The normalized spacial score (nSPS) is 31.7.